The summed E-state index contributed by atoms with van der Waals surface area (Å²) in [6.07, 6.45) is 5.24. The van der Waals surface area contributed by atoms with E-state index in [0.717, 1.165) is 38.0 Å². The van der Waals surface area contributed by atoms with Crippen molar-refractivity contribution in [1.82, 2.24) is 0 Å². The SMILES string of the molecule is CCCC1CCC(=O)C(CN(CC)c2ccc(F)cc2)C1. The van der Waals surface area contributed by atoms with Crippen LogP contribution < -0.4 is 4.90 Å². The van der Waals surface area contributed by atoms with Gasteiger partial charge >= 0.3 is 0 Å². The lowest BCUT2D eigenvalue weighted by Gasteiger charge is -2.33. The average Bonchev–Trinajstić information content (AvgIpc) is 2.49. The molecule has 0 radical (unpaired) electrons. The Balaban J connectivity index is 2.02. The lowest BCUT2D eigenvalue weighted by atomic mass is 9.78. The minimum atomic E-state index is -0.216. The van der Waals surface area contributed by atoms with Crippen LogP contribution in [0.4, 0.5) is 10.1 Å². The quantitative estimate of drug-likeness (QED) is 0.772. The van der Waals surface area contributed by atoms with Gasteiger partial charge in [0.25, 0.3) is 0 Å². The Morgan fingerprint density at radius 1 is 1.24 bits per heavy atom. The molecule has 0 spiro atoms. The molecule has 0 aliphatic heterocycles. The van der Waals surface area contributed by atoms with E-state index in [1.165, 1.54) is 25.0 Å². The molecule has 1 aromatic carbocycles. The number of carbonyl (C=O) groups is 1. The van der Waals surface area contributed by atoms with Crippen molar-refractivity contribution in [2.45, 2.75) is 46.0 Å². The molecule has 1 fully saturated rings. The van der Waals surface area contributed by atoms with Crippen molar-refractivity contribution in [2.75, 3.05) is 18.0 Å². The number of anilines is 1. The third-order valence-electron chi connectivity index (χ3n) is 4.58. The van der Waals surface area contributed by atoms with E-state index in [1.807, 2.05) is 0 Å². The van der Waals surface area contributed by atoms with Gasteiger partial charge in [0.05, 0.1) is 0 Å². The monoisotopic (exact) mass is 291 g/mol. The molecule has 116 valence electrons. The zero-order valence-corrected chi connectivity index (χ0v) is 13.1. The van der Waals surface area contributed by atoms with Gasteiger partial charge in [-0.3, -0.25) is 4.79 Å². The fourth-order valence-corrected chi connectivity index (χ4v) is 3.38. The summed E-state index contributed by atoms with van der Waals surface area (Å²) in [7, 11) is 0. The Labute approximate surface area is 127 Å². The van der Waals surface area contributed by atoms with Crippen molar-refractivity contribution >= 4 is 11.5 Å². The zero-order valence-electron chi connectivity index (χ0n) is 13.1. The average molecular weight is 291 g/mol. The summed E-state index contributed by atoms with van der Waals surface area (Å²) >= 11 is 0. The second kappa shape index (κ2) is 7.58. The number of benzene rings is 1. The van der Waals surface area contributed by atoms with E-state index in [1.54, 1.807) is 12.1 Å². The first-order valence-electron chi connectivity index (χ1n) is 8.17. The molecule has 1 aliphatic rings. The Morgan fingerprint density at radius 2 is 1.95 bits per heavy atom. The Hall–Kier alpha value is -1.38. The molecule has 2 unspecified atom stereocenters. The largest absolute Gasteiger partial charge is 0.371 e. The molecule has 1 aliphatic carbocycles. The van der Waals surface area contributed by atoms with Gasteiger partial charge in [-0.2, -0.15) is 0 Å². The molecule has 3 heteroatoms. The molecule has 0 bridgehead atoms. The van der Waals surface area contributed by atoms with E-state index in [-0.39, 0.29) is 11.7 Å². The van der Waals surface area contributed by atoms with Crippen LogP contribution >= 0.6 is 0 Å². The number of carbonyl (C=O) groups excluding carboxylic acids is 1. The number of halogens is 1. The van der Waals surface area contributed by atoms with Crippen LogP contribution in [0, 0.1) is 17.7 Å². The predicted molar refractivity (Wildman–Crippen MR) is 85.0 cm³/mol. The molecule has 0 saturated heterocycles. The third-order valence-corrected chi connectivity index (χ3v) is 4.58. The van der Waals surface area contributed by atoms with Gasteiger partial charge in [-0.1, -0.05) is 19.8 Å². The first kappa shape index (κ1) is 16.0. The van der Waals surface area contributed by atoms with E-state index >= 15 is 0 Å². The molecule has 2 rings (SSSR count). The standard InChI is InChI=1S/C18H26FNO/c1-3-5-14-6-11-18(21)15(12-14)13-20(4-2)17-9-7-16(19)8-10-17/h7-10,14-15H,3-6,11-13H2,1-2H3. The second-order valence-electron chi connectivity index (χ2n) is 6.11. The van der Waals surface area contributed by atoms with Crippen molar-refractivity contribution in [3.63, 3.8) is 0 Å². The molecule has 0 N–H and O–H groups in total. The molecule has 21 heavy (non-hydrogen) atoms. The summed E-state index contributed by atoms with van der Waals surface area (Å²) in [6, 6.07) is 6.58. The van der Waals surface area contributed by atoms with Gasteiger partial charge in [-0.05, 0) is 49.9 Å². The van der Waals surface area contributed by atoms with Crippen molar-refractivity contribution in [2.24, 2.45) is 11.8 Å². The number of rotatable bonds is 6. The Kier molecular flexibility index (Phi) is 5.77. The number of hydrogen-bond acceptors (Lipinski definition) is 2. The first-order valence-corrected chi connectivity index (χ1v) is 8.17. The van der Waals surface area contributed by atoms with Gasteiger partial charge < -0.3 is 4.90 Å². The number of ketones is 1. The highest BCUT2D eigenvalue weighted by Gasteiger charge is 2.29. The fraction of sp³-hybridized carbons (Fsp3) is 0.611. The maximum absolute atomic E-state index is 13.0. The van der Waals surface area contributed by atoms with E-state index in [2.05, 4.69) is 18.7 Å². The minimum Gasteiger partial charge on any atom is -0.371 e. The normalized spacial score (nSPS) is 22.3. The Bertz CT molecular complexity index is 457. The highest BCUT2D eigenvalue weighted by molar-refractivity contribution is 5.82. The fourth-order valence-electron chi connectivity index (χ4n) is 3.38. The second-order valence-corrected chi connectivity index (χ2v) is 6.11. The maximum Gasteiger partial charge on any atom is 0.137 e. The van der Waals surface area contributed by atoms with Crippen LogP contribution in [0.1, 0.15) is 46.0 Å². The highest BCUT2D eigenvalue weighted by atomic mass is 19.1. The van der Waals surface area contributed by atoms with Gasteiger partial charge in [-0.25, -0.2) is 4.39 Å². The van der Waals surface area contributed by atoms with Gasteiger partial charge in [0, 0.05) is 31.1 Å². The van der Waals surface area contributed by atoms with E-state index < -0.39 is 0 Å². The van der Waals surface area contributed by atoms with Crippen LogP contribution in [0.5, 0.6) is 0 Å². The summed E-state index contributed by atoms with van der Waals surface area (Å²) in [4.78, 5) is 14.4. The summed E-state index contributed by atoms with van der Waals surface area (Å²) in [5, 5.41) is 0. The van der Waals surface area contributed by atoms with Gasteiger partial charge in [0.15, 0.2) is 0 Å². The van der Waals surface area contributed by atoms with E-state index in [0.29, 0.717) is 11.7 Å². The van der Waals surface area contributed by atoms with Crippen molar-refractivity contribution in [3.8, 4) is 0 Å². The van der Waals surface area contributed by atoms with Crippen LogP contribution in [-0.4, -0.2) is 18.9 Å². The molecular formula is C18H26FNO. The first-order chi connectivity index (χ1) is 10.1. The summed E-state index contributed by atoms with van der Waals surface area (Å²) < 4.78 is 13.0. The topological polar surface area (TPSA) is 20.3 Å². The molecule has 0 heterocycles. The lowest BCUT2D eigenvalue weighted by molar-refractivity contribution is -0.125. The number of Topliss-reactive ketones (excluding diaryl/α,β-unsaturated/α-hetero) is 1. The molecular weight excluding hydrogens is 265 g/mol. The van der Waals surface area contributed by atoms with Crippen molar-refractivity contribution < 1.29 is 9.18 Å². The van der Waals surface area contributed by atoms with Crippen molar-refractivity contribution in [1.29, 1.82) is 0 Å². The smallest absolute Gasteiger partial charge is 0.137 e. The van der Waals surface area contributed by atoms with Crippen LogP contribution in [-0.2, 0) is 4.79 Å². The van der Waals surface area contributed by atoms with Crippen LogP contribution in [0.25, 0.3) is 0 Å². The van der Waals surface area contributed by atoms with Gasteiger partial charge in [0.1, 0.15) is 11.6 Å². The van der Waals surface area contributed by atoms with Crippen LogP contribution in [0.3, 0.4) is 0 Å². The third kappa shape index (κ3) is 4.29. The number of hydrogen-bond donors (Lipinski definition) is 0. The minimum absolute atomic E-state index is 0.139. The molecule has 2 nitrogen and oxygen atoms in total. The van der Waals surface area contributed by atoms with Gasteiger partial charge in [-0.15, -0.1) is 0 Å². The summed E-state index contributed by atoms with van der Waals surface area (Å²) in [5.74, 6) is 1.03. The molecule has 2 atom stereocenters. The van der Waals surface area contributed by atoms with Gasteiger partial charge in [0.2, 0.25) is 0 Å². The maximum atomic E-state index is 13.0. The molecule has 1 saturated carbocycles. The molecule has 0 aromatic heterocycles. The summed E-state index contributed by atoms with van der Waals surface area (Å²) in [5.41, 5.74) is 1.00. The zero-order chi connectivity index (χ0) is 15.2. The molecule has 0 amide bonds. The van der Waals surface area contributed by atoms with Crippen molar-refractivity contribution in [3.05, 3.63) is 30.1 Å². The van der Waals surface area contributed by atoms with Crippen LogP contribution in [0.2, 0.25) is 0 Å². The predicted octanol–water partition coefficient (Wildman–Crippen LogP) is 4.44. The van der Waals surface area contributed by atoms with E-state index in [4.69, 9.17) is 0 Å². The highest BCUT2D eigenvalue weighted by Crippen LogP contribution is 2.31. The lowest BCUT2D eigenvalue weighted by Crippen LogP contribution is -2.36. The summed E-state index contributed by atoms with van der Waals surface area (Å²) in [6.45, 7) is 5.90. The van der Waals surface area contributed by atoms with Crippen LogP contribution in [0.15, 0.2) is 24.3 Å². The molecule has 1 aromatic rings. The van der Waals surface area contributed by atoms with E-state index in [9.17, 15) is 9.18 Å². The number of nitrogens with zero attached hydrogens (tertiary/aromatic N) is 1. The Morgan fingerprint density at radius 3 is 2.57 bits per heavy atom.